The van der Waals surface area contributed by atoms with Gasteiger partial charge in [-0.15, -0.1) is 0 Å². The number of rotatable bonds is 8. The van der Waals surface area contributed by atoms with Gasteiger partial charge >= 0.3 is 6.01 Å². The van der Waals surface area contributed by atoms with Crippen LogP contribution in [0.15, 0.2) is 22.7 Å². The lowest BCUT2D eigenvalue weighted by Crippen LogP contribution is -2.34. The van der Waals surface area contributed by atoms with Gasteiger partial charge in [-0.2, -0.15) is 4.98 Å². The van der Waals surface area contributed by atoms with E-state index in [2.05, 4.69) is 15.0 Å². The van der Waals surface area contributed by atoms with Crippen LogP contribution < -0.4 is 9.64 Å². The maximum atomic E-state index is 13.5. The number of anilines is 1. The third-order valence-electron chi connectivity index (χ3n) is 4.96. The maximum absolute atomic E-state index is 13.5. The second kappa shape index (κ2) is 8.97. The number of hydrogen-bond donors (Lipinski definition) is 0. The van der Waals surface area contributed by atoms with E-state index in [4.69, 9.17) is 9.26 Å². The van der Waals surface area contributed by atoms with Gasteiger partial charge in [0.25, 0.3) is 0 Å². The molecular formula is C20H26FN3O3. The van der Waals surface area contributed by atoms with Crippen molar-refractivity contribution in [2.24, 2.45) is 5.92 Å². The molecule has 146 valence electrons. The Morgan fingerprint density at radius 3 is 2.78 bits per heavy atom. The molecule has 1 aromatic heterocycles. The van der Waals surface area contributed by atoms with Gasteiger partial charge in [0.15, 0.2) is 12.1 Å². The first-order chi connectivity index (χ1) is 13.1. The summed E-state index contributed by atoms with van der Waals surface area (Å²) in [6.07, 6.45) is 4.66. The Morgan fingerprint density at radius 1 is 1.37 bits per heavy atom. The summed E-state index contributed by atoms with van der Waals surface area (Å²) in [6, 6.07) is 4.95. The highest BCUT2D eigenvalue weighted by atomic mass is 19.1. The van der Waals surface area contributed by atoms with E-state index in [1.165, 1.54) is 12.1 Å². The Labute approximate surface area is 158 Å². The zero-order chi connectivity index (χ0) is 19.2. The number of benzene rings is 1. The number of nitrogens with zero attached hydrogens (tertiary/aromatic N) is 3. The van der Waals surface area contributed by atoms with Crippen LogP contribution in [0.25, 0.3) is 0 Å². The van der Waals surface area contributed by atoms with Crippen molar-refractivity contribution in [1.82, 2.24) is 10.1 Å². The zero-order valence-corrected chi connectivity index (χ0v) is 15.9. The van der Waals surface area contributed by atoms with E-state index in [9.17, 15) is 9.18 Å². The Balaban J connectivity index is 1.37. The van der Waals surface area contributed by atoms with Gasteiger partial charge in [-0.3, -0.25) is 4.79 Å². The van der Waals surface area contributed by atoms with Crippen LogP contribution in [0, 0.1) is 11.7 Å². The highest BCUT2D eigenvalue weighted by molar-refractivity contribution is 5.75. The van der Waals surface area contributed by atoms with Crippen LogP contribution in [0.5, 0.6) is 5.75 Å². The molecular weight excluding hydrogens is 349 g/mol. The molecule has 0 spiro atoms. The van der Waals surface area contributed by atoms with E-state index >= 15 is 0 Å². The van der Waals surface area contributed by atoms with Gasteiger partial charge in [0.1, 0.15) is 11.6 Å². The number of carbonyl (C=O) groups excluding carboxylic acids is 1. The van der Waals surface area contributed by atoms with Crippen molar-refractivity contribution in [2.45, 2.75) is 45.4 Å². The lowest BCUT2D eigenvalue weighted by Gasteiger charge is -2.30. The summed E-state index contributed by atoms with van der Waals surface area (Å²) in [7, 11) is 0. The highest BCUT2D eigenvalue weighted by Gasteiger charge is 2.23. The predicted molar refractivity (Wildman–Crippen MR) is 99.8 cm³/mol. The van der Waals surface area contributed by atoms with Gasteiger partial charge in [0, 0.05) is 25.1 Å². The molecule has 2 aromatic rings. The van der Waals surface area contributed by atoms with Crippen LogP contribution in [0.2, 0.25) is 0 Å². The van der Waals surface area contributed by atoms with Crippen LogP contribution in [-0.2, 0) is 0 Å². The van der Waals surface area contributed by atoms with Crippen molar-refractivity contribution in [3.05, 3.63) is 35.4 Å². The molecule has 1 fully saturated rings. The number of aromatic nitrogens is 2. The quantitative estimate of drug-likeness (QED) is 0.508. The predicted octanol–water partition coefficient (Wildman–Crippen LogP) is 4.22. The first-order valence-electron chi connectivity index (χ1n) is 9.53. The Hall–Kier alpha value is -2.44. The highest BCUT2D eigenvalue weighted by Crippen LogP contribution is 2.26. The summed E-state index contributed by atoms with van der Waals surface area (Å²) in [4.78, 5) is 17.2. The lowest BCUT2D eigenvalue weighted by molar-refractivity contribution is 0.111. The Bertz CT molecular complexity index is 755. The normalized spacial score (nSPS) is 15.3. The molecule has 0 N–H and O–H groups in total. The van der Waals surface area contributed by atoms with E-state index in [-0.39, 0.29) is 11.5 Å². The second-order valence-corrected chi connectivity index (χ2v) is 7.31. The standard InChI is InChI=1S/C20H26FN3O3/c1-14(2)19-22-20(27-23-19)24-9-7-15(8-10-24)4-3-11-26-17-6-5-16(13-25)18(21)12-17/h5-6,12-15H,3-4,7-11H2,1-2H3. The minimum atomic E-state index is -0.545. The smallest absolute Gasteiger partial charge is 0.324 e. The fourth-order valence-electron chi connectivity index (χ4n) is 3.26. The Kier molecular flexibility index (Phi) is 6.42. The molecule has 2 heterocycles. The summed E-state index contributed by atoms with van der Waals surface area (Å²) in [5, 5.41) is 4.03. The molecule has 0 aliphatic carbocycles. The average molecular weight is 375 g/mol. The number of aldehydes is 1. The summed E-state index contributed by atoms with van der Waals surface area (Å²) in [6.45, 7) is 6.48. The first kappa shape index (κ1) is 19.3. The number of piperidine rings is 1. The number of halogens is 1. The first-order valence-corrected chi connectivity index (χ1v) is 9.53. The van der Waals surface area contributed by atoms with Gasteiger partial charge in [-0.1, -0.05) is 19.0 Å². The topological polar surface area (TPSA) is 68.5 Å². The second-order valence-electron chi connectivity index (χ2n) is 7.31. The maximum Gasteiger partial charge on any atom is 0.324 e. The third kappa shape index (κ3) is 5.05. The molecule has 3 rings (SSSR count). The van der Waals surface area contributed by atoms with Crippen LogP contribution in [-0.4, -0.2) is 36.1 Å². The van der Waals surface area contributed by atoms with Gasteiger partial charge in [0.2, 0.25) is 0 Å². The van der Waals surface area contributed by atoms with Crippen LogP contribution in [0.4, 0.5) is 10.4 Å². The van der Waals surface area contributed by atoms with Gasteiger partial charge in [-0.25, -0.2) is 4.39 Å². The minimum absolute atomic E-state index is 0.0517. The van der Waals surface area contributed by atoms with Gasteiger partial charge < -0.3 is 14.2 Å². The van der Waals surface area contributed by atoms with Gasteiger partial charge in [0.05, 0.1) is 12.2 Å². The molecule has 0 radical (unpaired) electrons. The summed E-state index contributed by atoms with van der Waals surface area (Å²) < 4.78 is 24.5. The average Bonchev–Trinajstić information content (AvgIpc) is 3.16. The SMILES string of the molecule is CC(C)c1noc(N2CCC(CCCOc3ccc(C=O)c(F)c3)CC2)n1. The molecule has 0 atom stereocenters. The molecule has 0 unspecified atom stereocenters. The van der Waals surface area contributed by atoms with E-state index in [0.717, 1.165) is 44.6 Å². The monoisotopic (exact) mass is 375 g/mol. The number of ether oxygens (including phenoxy) is 1. The van der Waals surface area contributed by atoms with Crippen molar-refractivity contribution in [1.29, 1.82) is 0 Å². The summed E-state index contributed by atoms with van der Waals surface area (Å²) in [5.74, 6) is 1.58. The van der Waals surface area contributed by atoms with Crippen molar-refractivity contribution in [3.63, 3.8) is 0 Å². The third-order valence-corrected chi connectivity index (χ3v) is 4.96. The number of carbonyl (C=O) groups is 1. The van der Waals surface area contributed by atoms with E-state index < -0.39 is 5.82 Å². The van der Waals surface area contributed by atoms with Gasteiger partial charge in [-0.05, 0) is 43.7 Å². The molecule has 6 nitrogen and oxygen atoms in total. The van der Waals surface area contributed by atoms with E-state index in [1.54, 1.807) is 6.07 Å². The van der Waals surface area contributed by atoms with E-state index in [0.29, 0.717) is 30.6 Å². The summed E-state index contributed by atoms with van der Waals surface area (Å²) >= 11 is 0. The van der Waals surface area contributed by atoms with Crippen molar-refractivity contribution < 1.29 is 18.4 Å². The van der Waals surface area contributed by atoms with Crippen LogP contribution >= 0.6 is 0 Å². The van der Waals surface area contributed by atoms with Crippen molar-refractivity contribution in [2.75, 3.05) is 24.6 Å². The molecule has 1 aliphatic heterocycles. The molecule has 27 heavy (non-hydrogen) atoms. The molecule has 1 aromatic carbocycles. The Morgan fingerprint density at radius 2 is 2.15 bits per heavy atom. The zero-order valence-electron chi connectivity index (χ0n) is 15.9. The molecule has 0 bridgehead atoms. The molecule has 1 saturated heterocycles. The molecule has 1 aliphatic rings. The fourth-order valence-corrected chi connectivity index (χ4v) is 3.26. The molecule has 0 saturated carbocycles. The minimum Gasteiger partial charge on any atom is -0.493 e. The van der Waals surface area contributed by atoms with Crippen LogP contribution in [0.1, 0.15) is 61.6 Å². The van der Waals surface area contributed by atoms with Crippen molar-refractivity contribution in [3.8, 4) is 5.75 Å². The largest absolute Gasteiger partial charge is 0.493 e. The van der Waals surface area contributed by atoms with Crippen molar-refractivity contribution >= 4 is 12.3 Å². The summed E-state index contributed by atoms with van der Waals surface area (Å²) in [5.41, 5.74) is 0.0517. The van der Waals surface area contributed by atoms with E-state index in [1.807, 2.05) is 13.8 Å². The fraction of sp³-hybridized carbons (Fsp3) is 0.550. The molecule has 7 heteroatoms. The van der Waals surface area contributed by atoms with Crippen LogP contribution in [0.3, 0.4) is 0 Å². The molecule has 0 amide bonds. The lowest BCUT2D eigenvalue weighted by atomic mass is 9.92. The number of hydrogen-bond acceptors (Lipinski definition) is 6.